The Morgan fingerprint density at radius 3 is 2.51 bits per heavy atom. The Morgan fingerprint density at radius 2 is 1.80 bits per heavy atom. The summed E-state index contributed by atoms with van der Waals surface area (Å²) in [5, 5.41) is 8.99. The second-order valence-electron chi connectivity index (χ2n) is 8.17. The summed E-state index contributed by atoms with van der Waals surface area (Å²) in [7, 11) is -3.81. The first-order chi connectivity index (χ1) is 16.8. The van der Waals surface area contributed by atoms with Crippen molar-refractivity contribution in [2.24, 2.45) is 5.14 Å². The third-order valence-corrected chi connectivity index (χ3v) is 8.83. The number of primary sulfonamides is 1. The largest absolute Gasteiger partial charge is 0.325 e. The molecule has 2 aromatic carbocycles. The second-order valence-corrected chi connectivity index (χ2v) is 11.8. The number of anilines is 1. The third-order valence-electron chi connectivity index (χ3n) is 5.77. The van der Waals surface area contributed by atoms with Crippen molar-refractivity contribution in [2.45, 2.75) is 35.7 Å². The van der Waals surface area contributed by atoms with Gasteiger partial charge in [-0.05, 0) is 67.6 Å². The van der Waals surface area contributed by atoms with E-state index in [-0.39, 0.29) is 22.1 Å². The summed E-state index contributed by atoms with van der Waals surface area (Å²) in [5.74, 6) is -0.287. The van der Waals surface area contributed by atoms with Gasteiger partial charge in [-0.15, -0.1) is 11.3 Å². The zero-order chi connectivity index (χ0) is 24.6. The van der Waals surface area contributed by atoms with E-state index in [2.05, 4.69) is 5.32 Å². The third kappa shape index (κ3) is 4.90. The predicted octanol–water partition coefficient (Wildman–Crippen LogP) is 3.70. The SMILES string of the molecule is NS(=O)(=O)c1ccc(NC(=O)CSc2nc3sc4c(c3c(=O)n2-c2ccccc2)CCCC4)cc1. The molecule has 0 radical (unpaired) electrons. The average Bonchev–Trinajstić information content (AvgIpc) is 3.22. The standard InChI is InChI=1S/C24H22N4O4S3/c25-35(31,32)17-12-10-15(11-13-17)26-20(29)14-33-24-27-22-21(18-8-4-5-9-19(18)34-22)23(30)28(24)16-6-2-1-3-7-16/h1-3,6-7,10-13H,4-5,8-9,14H2,(H,26,29)(H2,25,31,32). The number of hydrogen-bond donors (Lipinski definition) is 2. The molecule has 3 N–H and O–H groups in total. The molecule has 0 fully saturated rings. The highest BCUT2D eigenvalue weighted by Crippen LogP contribution is 2.35. The summed E-state index contributed by atoms with van der Waals surface area (Å²) < 4.78 is 24.4. The molecule has 0 saturated heterocycles. The predicted molar refractivity (Wildman–Crippen MR) is 139 cm³/mol. The monoisotopic (exact) mass is 526 g/mol. The van der Waals surface area contributed by atoms with E-state index in [1.54, 1.807) is 15.9 Å². The van der Waals surface area contributed by atoms with Crippen molar-refractivity contribution in [3.8, 4) is 5.69 Å². The Balaban J connectivity index is 1.44. The summed E-state index contributed by atoms with van der Waals surface area (Å²) in [6.07, 6.45) is 4.04. The Hall–Kier alpha value is -2.99. The molecular weight excluding hydrogens is 504 g/mol. The number of nitrogens with one attached hydrogen (secondary N) is 1. The highest BCUT2D eigenvalue weighted by molar-refractivity contribution is 7.99. The molecule has 2 heterocycles. The van der Waals surface area contributed by atoms with Gasteiger partial charge in [-0.3, -0.25) is 14.2 Å². The van der Waals surface area contributed by atoms with E-state index in [9.17, 15) is 18.0 Å². The van der Waals surface area contributed by atoms with Crippen LogP contribution >= 0.6 is 23.1 Å². The van der Waals surface area contributed by atoms with E-state index in [4.69, 9.17) is 10.1 Å². The van der Waals surface area contributed by atoms with Crippen molar-refractivity contribution in [2.75, 3.05) is 11.1 Å². The molecule has 11 heteroatoms. The minimum absolute atomic E-state index is 0.0206. The van der Waals surface area contributed by atoms with Crippen molar-refractivity contribution in [1.29, 1.82) is 0 Å². The molecule has 0 aliphatic heterocycles. The van der Waals surface area contributed by atoms with Crippen LogP contribution in [0.5, 0.6) is 0 Å². The van der Waals surface area contributed by atoms with Crippen molar-refractivity contribution in [1.82, 2.24) is 9.55 Å². The maximum Gasteiger partial charge on any atom is 0.267 e. The molecule has 5 rings (SSSR count). The van der Waals surface area contributed by atoms with E-state index < -0.39 is 10.0 Å². The number of nitrogens with zero attached hydrogens (tertiary/aromatic N) is 2. The van der Waals surface area contributed by atoms with Crippen LogP contribution in [0.4, 0.5) is 5.69 Å². The van der Waals surface area contributed by atoms with Gasteiger partial charge >= 0.3 is 0 Å². The summed E-state index contributed by atoms with van der Waals surface area (Å²) in [6, 6.07) is 14.9. The number of fused-ring (bicyclic) bond motifs is 3. The van der Waals surface area contributed by atoms with Gasteiger partial charge < -0.3 is 5.32 Å². The first-order valence-corrected chi connectivity index (χ1v) is 14.3. The summed E-state index contributed by atoms with van der Waals surface area (Å²) in [6.45, 7) is 0. The van der Waals surface area contributed by atoms with Crippen molar-refractivity contribution < 1.29 is 13.2 Å². The number of aryl methyl sites for hydroxylation is 2. The zero-order valence-corrected chi connectivity index (χ0v) is 21.0. The number of rotatable bonds is 6. The molecular formula is C24H22N4O4S3. The fourth-order valence-electron chi connectivity index (χ4n) is 4.14. The number of benzene rings is 2. The Labute approximate surface area is 210 Å². The van der Waals surface area contributed by atoms with Crippen LogP contribution in [0.3, 0.4) is 0 Å². The summed E-state index contributed by atoms with van der Waals surface area (Å²) in [4.78, 5) is 33.1. The average molecular weight is 527 g/mol. The van der Waals surface area contributed by atoms with Crippen LogP contribution in [0.25, 0.3) is 15.9 Å². The van der Waals surface area contributed by atoms with Crippen molar-refractivity contribution in [3.63, 3.8) is 0 Å². The van der Waals surface area contributed by atoms with E-state index in [1.807, 2.05) is 30.3 Å². The van der Waals surface area contributed by atoms with Gasteiger partial charge in [-0.2, -0.15) is 0 Å². The lowest BCUT2D eigenvalue weighted by Crippen LogP contribution is -2.23. The fraction of sp³-hybridized carbons (Fsp3) is 0.208. The molecule has 0 bridgehead atoms. The molecule has 8 nitrogen and oxygen atoms in total. The number of para-hydroxylation sites is 1. The van der Waals surface area contributed by atoms with Crippen molar-refractivity contribution >= 4 is 54.9 Å². The van der Waals surface area contributed by atoms with E-state index in [0.717, 1.165) is 36.1 Å². The smallest absolute Gasteiger partial charge is 0.267 e. The Morgan fingerprint density at radius 1 is 1.09 bits per heavy atom. The van der Waals surface area contributed by atoms with Gasteiger partial charge in [-0.1, -0.05) is 30.0 Å². The molecule has 0 unspecified atom stereocenters. The van der Waals surface area contributed by atoms with Gasteiger partial charge in [0.15, 0.2) is 5.16 Å². The molecule has 0 saturated carbocycles. The van der Waals surface area contributed by atoms with Gasteiger partial charge in [-0.25, -0.2) is 18.5 Å². The van der Waals surface area contributed by atoms with Crippen LogP contribution in [0.15, 0.2) is 69.4 Å². The van der Waals surface area contributed by atoms with Crippen LogP contribution < -0.4 is 16.0 Å². The topological polar surface area (TPSA) is 124 Å². The summed E-state index contributed by atoms with van der Waals surface area (Å²) in [5.41, 5.74) is 2.15. The highest BCUT2D eigenvalue weighted by atomic mass is 32.2. The number of amides is 1. The Bertz CT molecular complexity index is 1580. The number of carbonyl (C=O) groups excluding carboxylic acids is 1. The van der Waals surface area contributed by atoms with Crippen LogP contribution in [0, 0.1) is 0 Å². The maximum absolute atomic E-state index is 13.7. The molecule has 2 aromatic heterocycles. The number of hydrogen-bond acceptors (Lipinski definition) is 7. The zero-order valence-electron chi connectivity index (χ0n) is 18.6. The lowest BCUT2D eigenvalue weighted by Gasteiger charge is -2.13. The second kappa shape index (κ2) is 9.57. The van der Waals surface area contributed by atoms with Gasteiger partial charge in [0.25, 0.3) is 5.56 Å². The normalized spacial score (nSPS) is 13.5. The number of nitrogens with two attached hydrogens (primary N) is 1. The maximum atomic E-state index is 13.7. The molecule has 0 spiro atoms. The van der Waals surface area contributed by atoms with E-state index in [0.29, 0.717) is 21.9 Å². The molecule has 4 aromatic rings. The summed E-state index contributed by atoms with van der Waals surface area (Å²) >= 11 is 2.76. The number of thiophene rings is 1. The van der Waals surface area contributed by atoms with E-state index >= 15 is 0 Å². The first-order valence-electron chi connectivity index (χ1n) is 11.0. The number of sulfonamides is 1. The van der Waals surface area contributed by atoms with Gasteiger partial charge in [0.1, 0.15) is 4.83 Å². The number of thioether (sulfide) groups is 1. The molecule has 0 atom stereocenters. The lowest BCUT2D eigenvalue weighted by molar-refractivity contribution is -0.113. The van der Waals surface area contributed by atoms with Crippen LogP contribution in [0.1, 0.15) is 23.3 Å². The molecule has 1 aliphatic carbocycles. The molecule has 1 amide bonds. The van der Waals surface area contributed by atoms with Gasteiger partial charge in [0.05, 0.1) is 21.7 Å². The first kappa shape index (κ1) is 23.7. The molecule has 180 valence electrons. The van der Waals surface area contributed by atoms with Crippen LogP contribution in [-0.4, -0.2) is 29.6 Å². The van der Waals surface area contributed by atoms with Gasteiger partial charge in [0, 0.05) is 10.6 Å². The highest BCUT2D eigenvalue weighted by Gasteiger charge is 2.23. The molecule has 1 aliphatic rings. The number of carbonyl (C=O) groups is 1. The number of aromatic nitrogens is 2. The van der Waals surface area contributed by atoms with Crippen molar-refractivity contribution in [3.05, 3.63) is 75.4 Å². The fourth-order valence-corrected chi connectivity index (χ4v) is 6.77. The Kier molecular flexibility index (Phi) is 6.49. The van der Waals surface area contributed by atoms with Crippen LogP contribution in [0.2, 0.25) is 0 Å². The van der Waals surface area contributed by atoms with Gasteiger partial charge in [0.2, 0.25) is 15.9 Å². The van der Waals surface area contributed by atoms with E-state index in [1.165, 1.54) is 40.9 Å². The van der Waals surface area contributed by atoms with Crippen LogP contribution in [-0.2, 0) is 27.7 Å². The lowest BCUT2D eigenvalue weighted by atomic mass is 9.97. The minimum atomic E-state index is -3.81. The quantitative estimate of drug-likeness (QED) is 0.292. The molecule has 35 heavy (non-hydrogen) atoms. The minimum Gasteiger partial charge on any atom is -0.325 e.